The number of hydrogen-bond donors (Lipinski definition) is 2. The highest BCUT2D eigenvalue weighted by Gasteiger charge is 2.29. The number of nitrogens with one attached hydrogen (secondary N) is 1. The number of fused-ring (bicyclic) bond motifs is 3. The molecule has 1 aliphatic rings. The minimum Gasteiger partial charge on any atom is -0.449 e. The number of carbonyl (C=O) groups is 2. The van der Waals surface area contributed by atoms with E-state index in [9.17, 15) is 9.59 Å². The van der Waals surface area contributed by atoms with Crippen LogP contribution in [-0.2, 0) is 9.53 Å². The first-order chi connectivity index (χ1) is 12.5. The lowest BCUT2D eigenvalue weighted by atomic mass is 9.98. The van der Waals surface area contributed by atoms with Crippen LogP contribution < -0.4 is 5.32 Å². The van der Waals surface area contributed by atoms with Crippen molar-refractivity contribution in [3.05, 3.63) is 59.7 Å². The van der Waals surface area contributed by atoms with Crippen molar-refractivity contribution in [3.63, 3.8) is 0 Å². The van der Waals surface area contributed by atoms with Crippen molar-refractivity contribution < 1.29 is 14.3 Å². The molecular formula is C20H22N2O3S. The van der Waals surface area contributed by atoms with Gasteiger partial charge in [0, 0.05) is 25.8 Å². The monoisotopic (exact) mass is 370 g/mol. The van der Waals surface area contributed by atoms with Crippen LogP contribution in [0, 0.1) is 0 Å². The van der Waals surface area contributed by atoms with Gasteiger partial charge >= 0.3 is 6.09 Å². The fraction of sp³-hybridized carbons (Fsp3) is 0.300. The van der Waals surface area contributed by atoms with Crippen molar-refractivity contribution in [1.82, 2.24) is 10.2 Å². The van der Waals surface area contributed by atoms with Gasteiger partial charge in [-0.15, -0.1) is 0 Å². The maximum absolute atomic E-state index is 12.2. The molecule has 2 aromatic rings. The van der Waals surface area contributed by atoms with Crippen LogP contribution in [0.4, 0.5) is 4.79 Å². The first-order valence-corrected chi connectivity index (χ1v) is 9.09. The van der Waals surface area contributed by atoms with Gasteiger partial charge in [0.2, 0.25) is 5.91 Å². The highest BCUT2D eigenvalue weighted by atomic mass is 32.1. The van der Waals surface area contributed by atoms with Crippen molar-refractivity contribution in [2.24, 2.45) is 0 Å². The van der Waals surface area contributed by atoms with E-state index in [1.54, 1.807) is 14.1 Å². The Morgan fingerprint density at radius 1 is 1.08 bits per heavy atom. The second-order valence-corrected chi connectivity index (χ2v) is 6.80. The Bertz CT molecular complexity index is 777. The van der Waals surface area contributed by atoms with E-state index >= 15 is 0 Å². The normalized spacial score (nSPS) is 13.5. The molecule has 0 unspecified atom stereocenters. The van der Waals surface area contributed by atoms with Gasteiger partial charge in [0.05, 0.1) is 0 Å². The van der Waals surface area contributed by atoms with Crippen LogP contribution in [0.5, 0.6) is 0 Å². The molecule has 0 spiro atoms. The molecule has 0 fully saturated rings. The van der Waals surface area contributed by atoms with E-state index in [-0.39, 0.29) is 24.2 Å². The Morgan fingerprint density at radius 2 is 1.62 bits per heavy atom. The van der Waals surface area contributed by atoms with Crippen molar-refractivity contribution in [2.45, 2.75) is 12.0 Å². The number of nitrogens with zero attached hydrogens (tertiary/aromatic N) is 1. The largest absolute Gasteiger partial charge is 0.449 e. The molecule has 5 nitrogen and oxygen atoms in total. The molecule has 26 heavy (non-hydrogen) atoms. The van der Waals surface area contributed by atoms with E-state index in [0.717, 1.165) is 11.1 Å². The maximum atomic E-state index is 12.2. The lowest BCUT2D eigenvalue weighted by Gasteiger charge is -2.20. The fourth-order valence-electron chi connectivity index (χ4n) is 3.28. The highest BCUT2D eigenvalue weighted by Crippen LogP contribution is 2.44. The number of benzene rings is 2. The first kappa shape index (κ1) is 18.3. The SMILES string of the molecule is CN(C)C(=O)[C@H](CS)NC(=O)OCC1c2ccccc2-c2ccccc21. The molecule has 2 aromatic carbocycles. The van der Waals surface area contributed by atoms with E-state index < -0.39 is 12.1 Å². The Kier molecular flexibility index (Phi) is 5.52. The third-order valence-corrected chi connectivity index (χ3v) is 4.92. The lowest BCUT2D eigenvalue weighted by Crippen LogP contribution is -2.47. The van der Waals surface area contributed by atoms with Gasteiger partial charge in [-0.2, -0.15) is 12.6 Å². The number of carbonyl (C=O) groups excluding carboxylic acids is 2. The van der Waals surface area contributed by atoms with Gasteiger partial charge in [-0.05, 0) is 22.3 Å². The van der Waals surface area contributed by atoms with Gasteiger partial charge in [-0.25, -0.2) is 4.79 Å². The zero-order valence-electron chi connectivity index (χ0n) is 14.8. The summed E-state index contributed by atoms with van der Waals surface area (Å²) < 4.78 is 5.45. The summed E-state index contributed by atoms with van der Waals surface area (Å²) in [7, 11) is 3.27. The molecule has 1 atom stereocenters. The molecule has 0 bridgehead atoms. The van der Waals surface area contributed by atoms with Crippen molar-refractivity contribution in [1.29, 1.82) is 0 Å². The van der Waals surface area contributed by atoms with Gasteiger partial charge in [0.15, 0.2) is 0 Å². The summed E-state index contributed by atoms with van der Waals surface area (Å²) in [5.74, 6) is -0.0121. The molecule has 0 saturated heterocycles. The average molecular weight is 370 g/mol. The molecule has 3 rings (SSSR count). The quantitative estimate of drug-likeness (QED) is 0.796. The first-order valence-electron chi connectivity index (χ1n) is 8.46. The van der Waals surface area contributed by atoms with Crippen LogP contribution in [0.3, 0.4) is 0 Å². The molecule has 0 heterocycles. The van der Waals surface area contributed by atoms with Gasteiger partial charge < -0.3 is 15.0 Å². The lowest BCUT2D eigenvalue weighted by molar-refractivity contribution is -0.130. The van der Waals surface area contributed by atoms with Gasteiger partial charge in [0.25, 0.3) is 0 Å². The molecular weight excluding hydrogens is 348 g/mol. The van der Waals surface area contributed by atoms with Crippen molar-refractivity contribution >= 4 is 24.6 Å². The second-order valence-electron chi connectivity index (χ2n) is 6.44. The molecule has 1 aliphatic carbocycles. The minimum absolute atomic E-state index is 0.00727. The third kappa shape index (κ3) is 3.55. The van der Waals surface area contributed by atoms with Crippen LogP contribution in [0.2, 0.25) is 0 Å². The van der Waals surface area contributed by atoms with Crippen molar-refractivity contribution in [3.8, 4) is 11.1 Å². The highest BCUT2D eigenvalue weighted by molar-refractivity contribution is 7.80. The zero-order valence-corrected chi connectivity index (χ0v) is 15.7. The maximum Gasteiger partial charge on any atom is 0.407 e. The number of likely N-dealkylation sites (N-methyl/N-ethyl adjacent to an activating group) is 1. The molecule has 1 N–H and O–H groups in total. The topological polar surface area (TPSA) is 58.6 Å². The zero-order chi connectivity index (χ0) is 18.7. The number of thiol groups is 1. The Hall–Kier alpha value is -2.47. The molecule has 136 valence electrons. The van der Waals surface area contributed by atoms with Crippen LogP contribution in [0.15, 0.2) is 48.5 Å². The molecule has 0 saturated carbocycles. The average Bonchev–Trinajstić information content (AvgIpc) is 2.98. The van der Waals surface area contributed by atoms with Crippen molar-refractivity contribution in [2.75, 3.05) is 26.5 Å². The Labute approximate surface area is 158 Å². The summed E-state index contributed by atoms with van der Waals surface area (Å²) in [6.07, 6.45) is -0.610. The van der Waals surface area contributed by atoms with Crippen LogP contribution in [0.1, 0.15) is 17.0 Å². The molecule has 0 aliphatic heterocycles. The van der Waals surface area contributed by atoms with E-state index in [0.29, 0.717) is 0 Å². The van der Waals surface area contributed by atoms with Gasteiger partial charge in [0.1, 0.15) is 12.6 Å². The third-order valence-electron chi connectivity index (χ3n) is 4.56. The standard InChI is InChI=1S/C20H22N2O3S/c1-22(2)19(23)18(12-26)21-20(24)25-11-17-15-9-5-3-7-13(15)14-8-4-6-10-16(14)17/h3-10,17-18,26H,11-12H2,1-2H3,(H,21,24)/t18-/m0/s1. The predicted octanol–water partition coefficient (Wildman–Crippen LogP) is 2.91. The van der Waals surface area contributed by atoms with Crippen LogP contribution in [-0.4, -0.2) is 49.4 Å². The molecule has 0 aromatic heterocycles. The summed E-state index contributed by atoms with van der Waals surface area (Å²) >= 11 is 4.14. The number of alkyl carbamates (subject to hydrolysis) is 1. The van der Waals surface area contributed by atoms with Gasteiger partial charge in [-0.3, -0.25) is 4.79 Å². The smallest absolute Gasteiger partial charge is 0.407 e. The summed E-state index contributed by atoms with van der Waals surface area (Å²) in [6, 6.07) is 15.6. The minimum atomic E-state index is -0.705. The van der Waals surface area contributed by atoms with E-state index in [4.69, 9.17) is 4.74 Å². The number of rotatable bonds is 5. The summed E-state index contributed by atoms with van der Waals surface area (Å²) in [4.78, 5) is 25.6. The molecule has 2 amide bonds. The fourth-order valence-corrected chi connectivity index (χ4v) is 3.53. The van der Waals surface area contributed by atoms with Gasteiger partial charge in [-0.1, -0.05) is 48.5 Å². The summed E-state index contributed by atoms with van der Waals surface area (Å²) in [5.41, 5.74) is 4.65. The van der Waals surface area contributed by atoms with Crippen LogP contribution in [0.25, 0.3) is 11.1 Å². The van der Waals surface area contributed by atoms with E-state index in [2.05, 4.69) is 42.2 Å². The Balaban J connectivity index is 1.70. The van der Waals surface area contributed by atoms with E-state index in [1.165, 1.54) is 16.0 Å². The second kappa shape index (κ2) is 7.83. The van der Waals surface area contributed by atoms with E-state index in [1.807, 2.05) is 24.3 Å². The summed E-state index contributed by atoms with van der Waals surface area (Å²) in [5, 5.41) is 2.59. The summed E-state index contributed by atoms with van der Waals surface area (Å²) in [6.45, 7) is 0.218. The molecule has 0 radical (unpaired) electrons. The van der Waals surface area contributed by atoms with Crippen LogP contribution >= 0.6 is 12.6 Å². The number of ether oxygens (including phenoxy) is 1. The molecule has 6 heteroatoms. The number of hydrogen-bond acceptors (Lipinski definition) is 4. The Morgan fingerprint density at radius 3 is 2.12 bits per heavy atom. The predicted molar refractivity (Wildman–Crippen MR) is 105 cm³/mol. The number of amides is 2.